The van der Waals surface area contributed by atoms with Crippen LogP contribution in [0.5, 0.6) is 5.75 Å². The fourth-order valence-corrected chi connectivity index (χ4v) is 7.64. The Kier molecular flexibility index (Phi) is 11.8. The van der Waals surface area contributed by atoms with Gasteiger partial charge in [-0.25, -0.2) is 13.1 Å². The van der Waals surface area contributed by atoms with Crippen LogP contribution in [0.2, 0.25) is 5.02 Å². The normalized spacial score (nSPS) is 20.4. The predicted molar refractivity (Wildman–Crippen MR) is 179 cm³/mol. The minimum absolute atomic E-state index is 0.135. The van der Waals surface area contributed by atoms with E-state index in [-0.39, 0.29) is 35.4 Å². The molecule has 1 N–H and O–H groups in total. The van der Waals surface area contributed by atoms with Gasteiger partial charge < -0.3 is 14.4 Å². The molecule has 4 unspecified atom stereocenters. The van der Waals surface area contributed by atoms with Gasteiger partial charge in [0.05, 0.1) is 10.9 Å². The maximum Gasteiger partial charge on any atom is 0.303 e. The van der Waals surface area contributed by atoms with E-state index in [0.717, 1.165) is 48.9 Å². The lowest BCUT2D eigenvalue weighted by molar-refractivity contribution is -0.149. The number of hydrogen-bond acceptors (Lipinski definition) is 7. The van der Waals surface area contributed by atoms with Crippen LogP contribution in [0, 0.1) is 17.8 Å². The van der Waals surface area contributed by atoms with E-state index in [0.29, 0.717) is 36.9 Å². The van der Waals surface area contributed by atoms with E-state index in [9.17, 15) is 18.0 Å². The number of nitrogens with one attached hydrogen (secondary N) is 1. The van der Waals surface area contributed by atoms with Crippen molar-refractivity contribution < 1.29 is 27.5 Å². The van der Waals surface area contributed by atoms with Crippen molar-refractivity contribution in [2.24, 2.45) is 17.8 Å². The number of carbonyl (C=O) groups is 2. The van der Waals surface area contributed by atoms with Crippen LogP contribution in [0.1, 0.15) is 74.4 Å². The smallest absolute Gasteiger partial charge is 0.303 e. The Hall–Kier alpha value is -3.30. The van der Waals surface area contributed by atoms with Crippen molar-refractivity contribution in [3.05, 3.63) is 83.4 Å². The van der Waals surface area contributed by atoms with E-state index in [2.05, 4.69) is 22.8 Å². The van der Waals surface area contributed by atoms with Gasteiger partial charge in [-0.05, 0) is 98.7 Å². The monoisotopic (exact) mass is 656 g/mol. The van der Waals surface area contributed by atoms with E-state index in [1.54, 1.807) is 37.3 Å². The number of esters is 1. The Labute approximate surface area is 272 Å². The molecule has 1 amide bonds. The second-order valence-electron chi connectivity index (χ2n) is 12.3. The first-order valence-corrected chi connectivity index (χ1v) is 17.6. The molecule has 2 aromatic carbocycles. The third-order valence-corrected chi connectivity index (χ3v) is 11.3. The van der Waals surface area contributed by atoms with Gasteiger partial charge in [-0.1, -0.05) is 43.3 Å². The number of benzene rings is 2. The summed E-state index contributed by atoms with van der Waals surface area (Å²) in [5.74, 6) is -0.266. The Morgan fingerprint density at radius 2 is 1.91 bits per heavy atom. The molecule has 1 fully saturated rings. The number of aryl methyl sites for hydroxylation is 1. The number of rotatable bonds is 11. The van der Waals surface area contributed by atoms with Gasteiger partial charge in [0.1, 0.15) is 18.5 Å². The third-order valence-electron chi connectivity index (χ3n) is 9.19. The molecule has 1 aliphatic carbocycles. The molecule has 10 heteroatoms. The van der Waals surface area contributed by atoms with Crippen LogP contribution in [0.3, 0.4) is 0 Å². The molecule has 2 aliphatic rings. The maximum absolute atomic E-state index is 13.4. The summed E-state index contributed by atoms with van der Waals surface area (Å²) >= 11 is 6.32. The zero-order valence-electron chi connectivity index (χ0n) is 26.5. The molecular weight excluding hydrogens is 612 g/mol. The molecule has 4 rings (SSSR count). The van der Waals surface area contributed by atoms with E-state index in [1.807, 2.05) is 25.1 Å². The molecule has 0 radical (unpaired) electrons. The number of fused-ring (bicyclic) bond motifs is 2. The fourth-order valence-electron chi connectivity index (χ4n) is 6.16. The summed E-state index contributed by atoms with van der Waals surface area (Å²) < 4.78 is 40.4. The Morgan fingerprint density at radius 1 is 1.13 bits per heavy atom. The number of ether oxygens (including phenoxy) is 2. The van der Waals surface area contributed by atoms with Crippen molar-refractivity contribution in [2.75, 3.05) is 18.0 Å². The zero-order chi connectivity index (χ0) is 32.7. The molecule has 1 aliphatic heterocycles. The molecule has 45 heavy (non-hydrogen) atoms. The van der Waals surface area contributed by atoms with Gasteiger partial charge in [0, 0.05) is 36.5 Å². The number of amides is 1. The summed E-state index contributed by atoms with van der Waals surface area (Å²) in [5, 5.41) is -0.0937. The van der Waals surface area contributed by atoms with E-state index in [4.69, 9.17) is 21.1 Å². The number of sulfonamides is 1. The number of hydrogen-bond donors (Lipinski definition) is 1. The Balaban J connectivity index is 1.66. The quantitative estimate of drug-likeness (QED) is 0.208. The molecular formula is C35H45ClN2O6S. The van der Waals surface area contributed by atoms with Crippen LogP contribution in [0.25, 0.3) is 0 Å². The second-order valence-corrected chi connectivity index (χ2v) is 14.8. The highest BCUT2D eigenvalue weighted by molar-refractivity contribution is 7.90. The van der Waals surface area contributed by atoms with Crippen molar-refractivity contribution in [3.8, 4) is 5.75 Å². The molecule has 1 saturated carbocycles. The molecule has 0 saturated heterocycles. The van der Waals surface area contributed by atoms with Crippen LogP contribution in [-0.2, 0) is 32.6 Å². The standard InChI is InChI=1S/C35H45ClN2O6S/c1-6-10-23(3)24(4)45(41,42)37-35(40)27-14-17-34-32(20-27)38(21-28-13-16-31(28)33(7-2)44-25(5)39)18-9-8-11-26-19-30(36)15-12-29(26)22-43-34/h6-7,12,14-15,17,19-20,23-24,28,31,33H,1-2,8-11,13,16,18,21-22H2,3-5H3,(H,37,40)/t23?,24?,28?,31?,33-/m0/s1. The highest BCUT2D eigenvalue weighted by atomic mass is 35.5. The number of carbonyl (C=O) groups excluding carboxylic acids is 2. The second kappa shape index (κ2) is 15.3. The maximum atomic E-state index is 13.4. The van der Waals surface area contributed by atoms with Gasteiger partial charge in [0.25, 0.3) is 5.91 Å². The molecule has 0 spiro atoms. The molecule has 5 atom stereocenters. The zero-order valence-corrected chi connectivity index (χ0v) is 28.0. The number of nitrogens with zero attached hydrogens (tertiary/aromatic N) is 1. The molecule has 244 valence electrons. The van der Waals surface area contributed by atoms with Crippen molar-refractivity contribution in [1.29, 1.82) is 0 Å². The molecule has 0 bridgehead atoms. The van der Waals surface area contributed by atoms with Gasteiger partial charge in [-0.15, -0.1) is 6.58 Å². The van der Waals surface area contributed by atoms with Crippen LogP contribution >= 0.6 is 11.6 Å². The number of allylic oxidation sites excluding steroid dienone is 1. The first-order valence-electron chi connectivity index (χ1n) is 15.7. The third kappa shape index (κ3) is 8.70. The largest absolute Gasteiger partial charge is 0.487 e. The lowest BCUT2D eigenvalue weighted by Crippen LogP contribution is -2.44. The van der Waals surface area contributed by atoms with Gasteiger partial charge in [-0.3, -0.25) is 9.59 Å². The SMILES string of the molecule is C=CCC(C)C(C)S(=O)(=O)NC(=O)c1ccc2c(c1)N(CC1CCC1[C@H](C=C)OC(C)=O)CCCCc1cc(Cl)ccc1CO2. The minimum atomic E-state index is -3.93. The van der Waals surface area contributed by atoms with E-state index < -0.39 is 21.2 Å². The highest BCUT2D eigenvalue weighted by Crippen LogP contribution is 2.41. The molecule has 8 nitrogen and oxygen atoms in total. The van der Waals surface area contributed by atoms with Crippen LogP contribution in [0.4, 0.5) is 5.69 Å². The van der Waals surface area contributed by atoms with Crippen LogP contribution in [0.15, 0.2) is 61.7 Å². The van der Waals surface area contributed by atoms with Crippen molar-refractivity contribution in [2.45, 2.75) is 77.3 Å². The first-order chi connectivity index (χ1) is 21.4. The number of anilines is 1. The summed E-state index contributed by atoms with van der Waals surface area (Å²) in [5.41, 5.74) is 3.14. The summed E-state index contributed by atoms with van der Waals surface area (Å²) in [7, 11) is -3.93. The fraction of sp³-hybridized carbons (Fsp3) is 0.486. The predicted octanol–water partition coefficient (Wildman–Crippen LogP) is 6.87. The summed E-state index contributed by atoms with van der Waals surface area (Å²) in [4.78, 5) is 27.4. The van der Waals surface area contributed by atoms with Crippen LogP contribution < -0.4 is 14.4 Å². The lowest BCUT2D eigenvalue weighted by Gasteiger charge is -2.43. The van der Waals surface area contributed by atoms with Crippen molar-refractivity contribution in [3.63, 3.8) is 0 Å². The molecule has 1 heterocycles. The van der Waals surface area contributed by atoms with Gasteiger partial charge in [0.2, 0.25) is 10.0 Å². The Bertz CT molecular complexity index is 1510. The van der Waals surface area contributed by atoms with E-state index in [1.165, 1.54) is 6.92 Å². The molecule has 2 aromatic rings. The average Bonchev–Trinajstić information content (AvgIpc) is 3.01. The van der Waals surface area contributed by atoms with E-state index >= 15 is 0 Å². The van der Waals surface area contributed by atoms with Crippen molar-refractivity contribution >= 4 is 39.2 Å². The highest BCUT2D eigenvalue weighted by Gasteiger charge is 2.39. The topological polar surface area (TPSA) is 102 Å². The number of halogens is 1. The summed E-state index contributed by atoms with van der Waals surface area (Å²) in [6, 6.07) is 10.9. The average molecular weight is 657 g/mol. The minimum Gasteiger partial charge on any atom is -0.487 e. The molecule has 0 aromatic heterocycles. The summed E-state index contributed by atoms with van der Waals surface area (Å²) in [6.45, 7) is 14.1. The van der Waals surface area contributed by atoms with Crippen LogP contribution in [-0.4, -0.2) is 44.7 Å². The van der Waals surface area contributed by atoms with Crippen molar-refractivity contribution in [1.82, 2.24) is 4.72 Å². The van der Waals surface area contributed by atoms with Gasteiger partial charge >= 0.3 is 5.97 Å². The first kappa shape index (κ1) is 34.6. The van der Waals surface area contributed by atoms with Gasteiger partial charge in [-0.2, -0.15) is 0 Å². The van der Waals surface area contributed by atoms with Gasteiger partial charge in [0.15, 0.2) is 0 Å². The Morgan fingerprint density at radius 3 is 2.58 bits per heavy atom. The summed E-state index contributed by atoms with van der Waals surface area (Å²) in [6.07, 6.45) is 8.07. The lowest BCUT2D eigenvalue weighted by atomic mass is 9.70.